The zero-order valence-corrected chi connectivity index (χ0v) is 9.55. The molecule has 1 aliphatic rings. The third-order valence-electron chi connectivity index (χ3n) is 3.63. The second kappa shape index (κ2) is 4.15. The topological polar surface area (TPSA) is 83.8 Å². The Morgan fingerprint density at radius 2 is 2.31 bits per heavy atom. The van der Waals surface area contributed by atoms with Gasteiger partial charge in [0.05, 0.1) is 11.9 Å². The van der Waals surface area contributed by atoms with Crippen LogP contribution in [-0.2, 0) is 4.79 Å². The Morgan fingerprint density at radius 3 is 2.81 bits per heavy atom. The van der Waals surface area contributed by atoms with Gasteiger partial charge < -0.3 is 11.1 Å². The summed E-state index contributed by atoms with van der Waals surface area (Å²) < 4.78 is 0. The van der Waals surface area contributed by atoms with Gasteiger partial charge in [-0.2, -0.15) is 5.10 Å². The first kappa shape index (κ1) is 11.0. The van der Waals surface area contributed by atoms with Crippen LogP contribution in [0.25, 0.3) is 0 Å². The second-order valence-corrected chi connectivity index (χ2v) is 4.50. The molecule has 0 spiro atoms. The van der Waals surface area contributed by atoms with Crippen molar-refractivity contribution in [2.75, 3.05) is 11.1 Å². The van der Waals surface area contributed by atoms with Gasteiger partial charge in [0.25, 0.3) is 0 Å². The largest absolute Gasteiger partial charge is 0.394 e. The van der Waals surface area contributed by atoms with E-state index in [0.717, 1.165) is 32.1 Å². The number of rotatable bonds is 3. The molecule has 0 aliphatic heterocycles. The Bertz CT molecular complexity index is 379. The fraction of sp³-hybridized carbons (Fsp3) is 0.636. The summed E-state index contributed by atoms with van der Waals surface area (Å²) in [6.07, 6.45) is 6.61. The van der Waals surface area contributed by atoms with Crippen molar-refractivity contribution in [1.82, 2.24) is 10.2 Å². The van der Waals surface area contributed by atoms with Gasteiger partial charge in [-0.15, -0.1) is 0 Å². The van der Waals surface area contributed by atoms with Crippen molar-refractivity contribution in [3.05, 3.63) is 6.20 Å². The van der Waals surface area contributed by atoms with Crippen molar-refractivity contribution in [3.8, 4) is 0 Å². The van der Waals surface area contributed by atoms with E-state index in [1.807, 2.05) is 0 Å². The highest BCUT2D eigenvalue weighted by Crippen LogP contribution is 2.41. The van der Waals surface area contributed by atoms with E-state index in [1.165, 1.54) is 6.20 Å². The molecule has 2 rings (SSSR count). The fourth-order valence-corrected chi connectivity index (χ4v) is 2.43. The van der Waals surface area contributed by atoms with E-state index in [2.05, 4.69) is 22.4 Å². The summed E-state index contributed by atoms with van der Waals surface area (Å²) in [5.74, 6) is 0.591. The van der Waals surface area contributed by atoms with Gasteiger partial charge in [0.1, 0.15) is 0 Å². The third-order valence-corrected chi connectivity index (χ3v) is 3.63. The van der Waals surface area contributed by atoms with Crippen molar-refractivity contribution in [3.63, 3.8) is 0 Å². The molecule has 1 saturated carbocycles. The minimum atomic E-state index is -0.197. The quantitative estimate of drug-likeness (QED) is 0.730. The molecule has 0 aromatic carbocycles. The monoisotopic (exact) mass is 222 g/mol. The van der Waals surface area contributed by atoms with Crippen LogP contribution in [0.3, 0.4) is 0 Å². The number of anilines is 2. The van der Waals surface area contributed by atoms with Gasteiger partial charge in [-0.3, -0.25) is 9.89 Å². The zero-order valence-electron chi connectivity index (χ0n) is 9.55. The predicted molar refractivity (Wildman–Crippen MR) is 62.8 cm³/mol. The summed E-state index contributed by atoms with van der Waals surface area (Å²) in [6, 6.07) is 0. The first-order valence-electron chi connectivity index (χ1n) is 5.78. The van der Waals surface area contributed by atoms with Crippen LogP contribution in [0.5, 0.6) is 0 Å². The molecule has 0 atom stereocenters. The van der Waals surface area contributed by atoms with Crippen molar-refractivity contribution in [2.45, 2.75) is 39.0 Å². The first-order valence-corrected chi connectivity index (χ1v) is 5.78. The SMILES string of the molecule is CCC1(C(=O)Nc2[nH]ncc2N)CCCC1. The lowest BCUT2D eigenvalue weighted by molar-refractivity contribution is -0.125. The average molecular weight is 222 g/mol. The molecular formula is C11H18N4O. The van der Waals surface area contributed by atoms with Crippen LogP contribution in [0.1, 0.15) is 39.0 Å². The summed E-state index contributed by atoms with van der Waals surface area (Å²) in [5.41, 5.74) is 5.95. The number of nitrogens with zero attached hydrogens (tertiary/aromatic N) is 1. The molecule has 1 amide bonds. The molecule has 1 aliphatic carbocycles. The van der Waals surface area contributed by atoms with Gasteiger partial charge in [-0.25, -0.2) is 0 Å². The molecule has 0 unspecified atom stereocenters. The molecule has 1 fully saturated rings. The summed E-state index contributed by atoms with van der Waals surface area (Å²) in [7, 11) is 0. The number of nitrogens with two attached hydrogens (primary N) is 1. The normalized spacial score (nSPS) is 18.6. The van der Waals surface area contributed by atoms with Crippen LogP contribution in [0.4, 0.5) is 11.5 Å². The Hall–Kier alpha value is -1.52. The van der Waals surface area contributed by atoms with E-state index in [-0.39, 0.29) is 11.3 Å². The van der Waals surface area contributed by atoms with Crippen molar-refractivity contribution >= 4 is 17.4 Å². The lowest BCUT2D eigenvalue weighted by Gasteiger charge is -2.25. The lowest BCUT2D eigenvalue weighted by Crippen LogP contribution is -2.33. The maximum absolute atomic E-state index is 12.2. The summed E-state index contributed by atoms with van der Waals surface area (Å²) in [4.78, 5) is 12.2. The summed E-state index contributed by atoms with van der Waals surface area (Å²) in [5, 5.41) is 9.32. The van der Waals surface area contributed by atoms with Crippen LogP contribution in [0.2, 0.25) is 0 Å². The Morgan fingerprint density at radius 1 is 1.62 bits per heavy atom. The number of hydrogen-bond acceptors (Lipinski definition) is 3. The maximum Gasteiger partial charge on any atom is 0.231 e. The lowest BCUT2D eigenvalue weighted by atomic mass is 9.82. The first-order chi connectivity index (χ1) is 7.68. The van der Waals surface area contributed by atoms with Gasteiger partial charge in [0.2, 0.25) is 5.91 Å². The molecule has 4 N–H and O–H groups in total. The molecule has 0 bridgehead atoms. The van der Waals surface area contributed by atoms with E-state index in [4.69, 9.17) is 5.73 Å². The third kappa shape index (κ3) is 1.77. The molecule has 0 saturated heterocycles. The molecule has 5 heteroatoms. The van der Waals surface area contributed by atoms with E-state index in [9.17, 15) is 4.79 Å². The summed E-state index contributed by atoms with van der Waals surface area (Å²) in [6.45, 7) is 2.07. The molecule has 1 heterocycles. The van der Waals surface area contributed by atoms with Crippen molar-refractivity contribution in [2.24, 2.45) is 5.41 Å². The van der Waals surface area contributed by atoms with Crippen molar-refractivity contribution < 1.29 is 4.79 Å². The Kier molecular flexibility index (Phi) is 2.85. The molecule has 88 valence electrons. The fourth-order valence-electron chi connectivity index (χ4n) is 2.43. The minimum absolute atomic E-state index is 0.0726. The Balaban J connectivity index is 2.10. The van der Waals surface area contributed by atoms with Gasteiger partial charge in [-0.05, 0) is 19.3 Å². The molecule has 5 nitrogen and oxygen atoms in total. The Labute approximate surface area is 94.8 Å². The molecule has 16 heavy (non-hydrogen) atoms. The number of amides is 1. The van der Waals surface area contributed by atoms with Gasteiger partial charge in [-0.1, -0.05) is 19.8 Å². The second-order valence-electron chi connectivity index (χ2n) is 4.50. The van der Waals surface area contributed by atoms with Gasteiger partial charge in [0, 0.05) is 5.41 Å². The number of hydrogen-bond donors (Lipinski definition) is 3. The van der Waals surface area contributed by atoms with E-state index < -0.39 is 0 Å². The van der Waals surface area contributed by atoms with Crippen LogP contribution >= 0.6 is 0 Å². The number of carbonyl (C=O) groups is 1. The number of carbonyl (C=O) groups excluding carboxylic acids is 1. The molecule has 0 radical (unpaired) electrons. The molecule has 1 aromatic heterocycles. The number of H-pyrrole nitrogens is 1. The van der Waals surface area contributed by atoms with E-state index in [0.29, 0.717) is 11.5 Å². The average Bonchev–Trinajstić information content (AvgIpc) is 2.89. The number of nitrogen functional groups attached to an aromatic ring is 1. The highest BCUT2D eigenvalue weighted by Gasteiger charge is 2.39. The predicted octanol–water partition coefficient (Wildman–Crippen LogP) is 1.90. The van der Waals surface area contributed by atoms with Gasteiger partial charge in [0.15, 0.2) is 5.82 Å². The zero-order chi connectivity index (χ0) is 11.6. The van der Waals surface area contributed by atoms with E-state index in [1.54, 1.807) is 0 Å². The number of nitrogens with one attached hydrogen (secondary N) is 2. The molecular weight excluding hydrogens is 204 g/mol. The van der Waals surface area contributed by atoms with Gasteiger partial charge >= 0.3 is 0 Å². The van der Waals surface area contributed by atoms with Crippen LogP contribution in [0.15, 0.2) is 6.20 Å². The highest BCUT2D eigenvalue weighted by molar-refractivity contribution is 5.96. The number of aromatic amines is 1. The highest BCUT2D eigenvalue weighted by atomic mass is 16.2. The van der Waals surface area contributed by atoms with Crippen molar-refractivity contribution in [1.29, 1.82) is 0 Å². The number of aromatic nitrogens is 2. The van der Waals surface area contributed by atoms with Crippen LogP contribution in [0, 0.1) is 5.41 Å². The standard InChI is InChI=1S/C11H18N4O/c1-2-11(5-3-4-6-11)10(16)14-9-8(12)7-13-15-9/h7H,2-6,12H2,1H3,(H2,13,14,15,16). The van der Waals surface area contributed by atoms with Crippen LogP contribution in [-0.4, -0.2) is 16.1 Å². The van der Waals surface area contributed by atoms with Crippen LogP contribution < -0.4 is 11.1 Å². The summed E-state index contributed by atoms with van der Waals surface area (Å²) >= 11 is 0. The minimum Gasteiger partial charge on any atom is -0.394 e. The van der Waals surface area contributed by atoms with E-state index >= 15 is 0 Å². The maximum atomic E-state index is 12.2. The molecule has 1 aromatic rings. The smallest absolute Gasteiger partial charge is 0.231 e.